The van der Waals surface area contributed by atoms with E-state index in [9.17, 15) is 4.79 Å². The van der Waals surface area contributed by atoms with Gasteiger partial charge >= 0.3 is 0 Å². The summed E-state index contributed by atoms with van der Waals surface area (Å²) in [6.07, 6.45) is 4.89. The minimum absolute atomic E-state index is 0.120. The Balaban J connectivity index is 1.98. The highest BCUT2D eigenvalue weighted by atomic mass is 16.1. The lowest BCUT2D eigenvalue weighted by Gasteiger charge is -2.03. The van der Waals surface area contributed by atoms with Crippen LogP contribution < -0.4 is 0 Å². The summed E-state index contributed by atoms with van der Waals surface area (Å²) >= 11 is 0. The zero-order chi connectivity index (χ0) is 13.8. The Labute approximate surface area is 116 Å². The molecular weight excluding hydrogens is 250 g/mol. The summed E-state index contributed by atoms with van der Waals surface area (Å²) < 4.78 is 0. The van der Waals surface area contributed by atoms with Gasteiger partial charge in [0, 0.05) is 24.2 Å². The van der Waals surface area contributed by atoms with Crippen LogP contribution in [-0.4, -0.2) is 20.7 Å². The first-order valence-corrected chi connectivity index (χ1v) is 6.18. The Morgan fingerprint density at radius 1 is 0.800 bits per heavy atom. The van der Waals surface area contributed by atoms with Crippen LogP contribution in [0.25, 0.3) is 11.4 Å². The Morgan fingerprint density at radius 2 is 1.60 bits per heavy atom. The van der Waals surface area contributed by atoms with E-state index in [0.29, 0.717) is 17.0 Å². The maximum absolute atomic E-state index is 12.3. The minimum Gasteiger partial charge on any atom is -0.287 e. The number of ketones is 1. The molecule has 4 heteroatoms. The van der Waals surface area contributed by atoms with Gasteiger partial charge in [0.1, 0.15) is 5.69 Å². The summed E-state index contributed by atoms with van der Waals surface area (Å²) in [5, 5.41) is 0. The molecule has 0 spiro atoms. The zero-order valence-corrected chi connectivity index (χ0v) is 10.6. The van der Waals surface area contributed by atoms with Crippen molar-refractivity contribution in [2.45, 2.75) is 0 Å². The van der Waals surface area contributed by atoms with Crippen molar-refractivity contribution in [1.29, 1.82) is 0 Å². The maximum atomic E-state index is 12.3. The zero-order valence-electron chi connectivity index (χ0n) is 10.6. The molecule has 3 aromatic heterocycles. The van der Waals surface area contributed by atoms with Gasteiger partial charge < -0.3 is 0 Å². The van der Waals surface area contributed by atoms with Gasteiger partial charge in [-0.2, -0.15) is 0 Å². The van der Waals surface area contributed by atoms with Crippen LogP contribution in [0.1, 0.15) is 16.1 Å². The van der Waals surface area contributed by atoms with Gasteiger partial charge in [-0.25, -0.2) is 4.98 Å². The monoisotopic (exact) mass is 261 g/mol. The second-order valence-corrected chi connectivity index (χ2v) is 4.19. The average molecular weight is 261 g/mol. The molecule has 3 rings (SSSR count). The summed E-state index contributed by atoms with van der Waals surface area (Å²) in [4.78, 5) is 24.8. The Kier molecular flexibility index (Phi) is 3.29. The average Bonchev–Trinajstić information content (AvgIpc) is 2.56. The van der Waals surface area contributed by atoms with Gasteiger partial charge in [0.2, 0.25) is 5.78 Å². The summed E-state index contributed by atoms with van der Waals surface area (Å²) in [5.74, 6) is -0.120. The van der Waals surface area contributed by atoms with Crippen molar-refractivity contribution in [3.63, 3.8) is 0 Å². The third-order valence-corrected chi connectivity index (χ3v) is 2.85. The van der Waals surface area contributed by atoms with E-state index in [1.807, 2.05) is 30.3 Å². The lowest BCUT2D eigenvalue weighted by molar-refractivity contribution is 0.103. The lowest BCUT2D eigenvalue weighted by atomic mass is 10.1. The predicted octanol–water partition coefficient (Wildman–Crippen LogP) is 2.77. The van der Waals surface area contributed by atoms with Gasteiger partial charge in [0.05, 0.1) is 11.4 Å². The highest BCUT2D eigenvalue weighted by molar-refractivity contribution is 6.07. The fourth-order valence-electron chi connectivity index (χ4n) is 1.87. The maximum Gasteiger partial charge on any atom is 0.211 e. The van der Waals surface area contributed by atoms with Gasteiger partial charge in [-0.3, -0.25) is 14.8 Å². The van der Waals surface area contributed by atoms with Gasteiger partial charge in [-0.1, -0.05) is 12.1 Å². The van der Waals surface area contributed by atoms with Gasteiger partial charge in [0.25, 0.3) is 0 Å². The molecule has 20 heavy (non-hydrogen) atoms. The van der Waals surface area contributed by atoms with Crippen LogP contribution in [0, 0.1) is 0 Å². The van der Waals surface area contributed by atoms with E-state index in [0.717, 1.165) is 5.69 Å². The minimum atomic E-state index is -0.120. The summed E-state index contributed by atoms with van der Waals surface area (Å²) in [6, 6.07) is 14.3. The third-order valence-electron chi connectivity index (χ3n) is 2.85. The highest BCUT2D eigenvalue weighted by Crippen LogP contribution is 2.15. The van der Waals surface area contributed by atoms with E-state index in [1.165, 1.54) is 0 Å². The molecule has 0 saturated heterocycles. The molecule has 0 atom stereocenters. The van der Waals surface area contributed by atoms with E-state index in [-0.39, 0.29) is 5.78 Å². The number of hydrogen-bond acceptors (Lipinski definition) is 4. The van der Waals surface area contributed by atoms with Crippen molar-refractivity contribution in [3.05, 3.63) is 78.4 Å². The third kappa shape index (κ3) is 2.44. The second kappa shape index (κ2) is 5.40. The molecule has 3 heterocycles. The summed E-state index contributed by atoms with van der Waals surface area (Å²) in [5.41, 5.74) is 2.41. The van der Waals surface area contributed by atoms with Crippen molar-refractivity contribution < 1.29 is 4.79 Å². The molecule has 0 aliphatic rings. The number of rotatable bonds is 3. The summed E-state index contributed by atoms with van der Waals surface area (Å²) in [6.45, 7) is 0. The largest absolute Gasteiger partial charge is 0.287 e. The topological polar surface area (TPSA) is 55.7 Å². The molecule has 4 nitrogen and oxygen atoms in total. The van der Waals surface area contributed by atoms with Crippen LogP contribution in [0.15, 0.2) is 67.1 Å². The van der Waals surface area contributed by atoms with Crippen LogP contribution >= 0.6 is 0 Å². The quantitative estimate of drug-likeness (QED) is 0.680. The first kappa shape index (κ1) is 12.2. The van der Waals surface area contributed by atoms with Crippen LogP contribution in [0.5, 0.6) is 0 Å². The van der Waals surface area contributed by atoms with Gasteiger partial charge in [-0.15, -0.1) is 0 Å². The van der Waals surface area contributed by atoms with E-state index in [1.54, 1.807) is 36.8 Å². The Morgan fingerprint density at radius 3 is 2.35 bits per heavy atom. The van der Waals surface area contributed by atoms with Crippen LogP contribution in [0.4, 0.5) is 0 Å². The van der Waals surface area contributed by atoms with Crippen LogP contribution in [0.3, 0.4) is 0 Å². The van der Waals surface area contributed by atoms with Gasteiger partial charge in [0.15, 0.2) is 0 Å². The molecule has 96 valence electrons. The van der Waals surface area contributed by atoms with Crippen LogP contribution in [-0.2, 0) is 0 Å². The molecule has 0 bridgehead atoms. The van der Waals surface area contributed by atoms with Crippen LogP contribution in [0.2, 0.25) is 0 Å². The van der Waals surface area contributed by atoms with Crippen molar-refractivity contribution in [2.24, 2.45) is 0 Å². The molecule has 0 radical (unpaired) electrons. The van der Waals surface area contributed by atoms with E-state index in [4.69, 9.17) is 0 Å². The fraction of sp³-hybridized carbons (Fsp3) is 0. The van der Waals surface area contributed by atoms with E-state index >= 15 is 0 Å². The SMILES string of the molecule is O=C(c1ccncc1)c1cccc(-c2ccccn2)n1. The van der Waals surface area contributed by atoms with Crippen molar-refractivity contribution in [1.82, 2.24) is 15.0 Å². The number of aromatic nitrogens is 3. The molecule has 0 aromatic carbocycles. The normalized spacial score (nSPS) is 10.2. The molecule has 3 aromatic rings. The van der Waals surface area contributed by atoms with E-state index < -0.39 is 0 Å². The Bertz CT molecular complexity index is 727. The molecule has 0 unspecified atom stereocenters. The first-order chi connectivity index (χ1) is 9.84. The standard InChI is InChI=1S/C16H11N3O/c20-16(12-7-10-17-11-8-12)15-6-3-5-14(19-15)13-4-1-2-9-18-13/h1-11H. The molecule has 0 amide bonds. The second-order valence-electron chi connectivity index (χ2n) is 4.19. The van der Waals surface area contributed by atoms with Gasteiger partial charge in [-0.05, 0) is 36.4 Å². The molecule has 0 N–H and O–H groups in total. The van der Waals surface area contributed by atoms with Crippen molar-refractivity contribution >= 4 is 5.78 Å². The molecular formula is C16H11N3O. The number of hydrogen-bond donors (Lipinski definition) is 0. The predicted molar refractivity (Wildman–Crippen MR) is 75.1 cm³/mol. The summed E-state index contributed by atoms with van der Waals surface area (Å²) in [7, 11) is 0. The molecule has 0 fully saturated rings. The number of carbonyl (C=O) groups excluding carboxylic acids is 1. The lowest BCUT2D eigenvalue weighted by Crippen LogP contribution is -2.04. The van der Waals surface area contributed by atoms with Crippen molar-refractivity contribution in [3.8, 4) is 11.4 Å². The molecule has 0 aliphatic heterocycles. The molecule has 0 aliphatic carbocycles. The smallest absolute Gasteiger partial charge is 0.211 e. The number of pyridine rings is 3. The Hall–Kier alpha value is -2.88. The first-order valence-electron chi connectivity index (χ1n) is 6.18. The number of nitrogens with zero attached hydrogens (tertiary/aromatic N) is 3. The number of carbonyl (C=O) groups is 1. The molecule has 0 saturated carbocycles. The van der Waals surface area contributed by atoms with Crippen molar-refractivity contribution in [2.75, 3.05) is 0 Å². The highest BCUT2D eigenvalue weighted by Gasteiger charge is 2.11. The van der Waals surface area contributed by atoms with E-state index in [2.05, 4.69) is 15.0 Å². The fourth-order valence-corrected chi connectivity index (χ4v) is 1.87.